The van der Waals surface area contributed by atoms with Gasteiger partial charge < -0.3 is 4.74 Å². The molecule has 1 aromatic heterocycles. The number of carbonyl (C=O) groups is 1. The second-order valence-electron chi connectivity index (χ2n) is 5.40. The smallest absolute Gasteiger partial charge is 0.314 e. The van der Waals surface area contributed by atoms with Crippen molar-refractivity contribution >= 4 is 17.3 Å². The summed E-state index contributed by atoms with van der Waals surface area (Å²) in [6.07, 6.45) is 0.970. The molecule has 3 nitrogen and oxygen atoms in total. The summed E-state index contributed by atoms with van der Waals surface area (Å²) < 4.78 is 4.91. The number of carbonyl (C=O) groups excluding carboxylic acids is 1. The SMILES string of the molecule is COC(=O)C(c1sc(CC(C)C)nc1C)C(C)C. The fourth-order valence-corrected chi connectivity index (χ4v) is 3.54. The van der Waals surface area contributed by atoms with Crippen molar-refractivity contribution in [1.82, 2.24) is 4.98 Å². The Balaban J connectivity index is 3.05. The molecule has 1 heterocycles. The molecule has 0 aliphatic rings. The van der Waals surface area contributed by atoms with Crippen LogP contribution in [0.4, 0.5) is 0 Å². The summed E-state index contributed by atoms with van der Waals surface area (Å²) in [5.41, 5.74) is 0.972. The van der Waals surface area contributed by atoms with Crippen LogP contribution in [0.2, 0.25) is 0 Å². The topological polar surface area (TPSA) is 39.2 Å². The first kappa shape index (κ1) is 15.2. The van der Waals surface area contributed by atoms with Crippen molar-refractivity contribution < 1.29 is 9.53 Å². The quantitative estimate of drug-likeness (QED) is 0.767. The van der Waals surface area contributed by atoms with Crippen molar-refractivity contribution in [3.63, 3.8) is 0 Å². The van der Waals surface area contributed by atoms with Crippen molar-refractivity contribution in [3.8, 4) is 0 Å². The van der Waals surface area contributed by atoms with Crippen molar-refractivity contribution in [1.29, 1.82) is 0 Å². The van der Waals surface area contributed by atoms with Gasteiger partial charge in [-0.25, -0.2) is 4.98 Å². The van der Waals surface area contributed by atoms with Crippen LogP contribution in [0.1, 0.15) is 49.2 Å². The van der Waals surface area contributed by atoms with Gasteiger partial charge in [-0.3, -0.25) is 4.79 Å². The van der Waals surface area contributed by atoms with Gasteiger partial charge in [-0.05, 0) is 18.8 Å². The van der Waals surface area contributed by atoms with Crippen LogP contribution in [0.5, 0.6) is 0 Å². The second kappa shape index (κ2) is 6.32. The maximum absolute atomic E-state index is 11.9. The molecule has 0 aromatic carbocycles. The zero-order valence-electron chi connectivity index (χ0n) is 12.1. The third-order valence-electron chi connectivity index (χ3n) is 2.86. The molecule has 0 saturated carbocycles. The summed E-state index contributed by atoms with van der Waals surface area (Å²) in [4.78, 5) is 17.5. The van der Waals surface area contributed by atoms with E-state index in [9.17, 15) is 4.79 Å². The Labute approximate surface area is 114 Å². The number of aryl methyl sites for hydroxylation is 1. The Morgan fingerprint density at radius 2 is 1.94 bits per heavy atom. The Morgan fingerprint density at radius 1 is 1.33 bits per heavy atom. The number of nitrogens with zero attached hydrogens (tertiary/aromatic N) is 1. The lowest BCUT2D eigenvalue weighted by atomic mass is 9.93. The number of hydrogen-bond donors (Lipinski definition) is 0. The summed E-state index contributed by atoms with van der Waals surface area (Å²) >= 11 is 1.66. The maximum Gasteiger partial charge on any atom is 0.314 e. The van der Waals surface area contributed by atoms with E-state index >= 15 is 0 Å². The lowest BCUT2D eigenvalue weighted by Crippen LogP contribution is -2.19. The van der Waals surface area contributed by atoms with Crippen LogP contribution in [-0.2, 0) is 16.0 Å². The minimum Gasteiger partial charge on any atom is -0.469 e. The van der Waals surface area contributed by atoms with Gasteiger partial charge in [0.15, 0.2) is 0 Å². The molecule has 0 N–H and O–H groups in total. The molecule has 0 radical (unpaired) electrons. The Bertz CT molecular complexity index is 410. The van der Waals surface area contributed by atoms with Crippen LogP contribution >= 0.6 is 11.3 Å². The summed E-state index contributed by atoms with van der Waals surface area (Å²) in [6.45, 7) is 10.4. The maximum atomic E-state index is 11.9. The van der Waals surface area contributed by atoms with Gasteiger partial charge in [0.2, 0.25) is 0 Å². The van der Waals surface area contributed by atoms with Gasteiger partial charge in [0.1, 0.15) is 0 Å². The highest BCUT2D eigenvalue weighted by molar-refractivity contribution is 7.12. The number of esters is 1. The number of aromatic nitrogens is 1. The van der Waals surface area contributed by atoms with E-state index in [0.29, 0.717) is 5.92 Å². The predicted molar refractivity (Wildman–Crippen MR) is 75.0 cm³/mol. The largest absolute Gasteiger partial charge is 0.469 e. The van der Waals surface area contributed by atoms with Crippen molar-refractivity contribution in [2.24, 2.45) is 11.8 Å². The van der Waals surface area contributed by atoms with Crippen LogP contribution in [0.15, 0.2) is 0 Å². The zero-order chi connectivity index (χ0) is 13.9. The molecule has 0 fully saturated rings. The Morgan fingerprint density at radius 3 is 2.39 bits per heavy atom. The van der Waals surface area contributed by atoms with E-state index in [1.54, 1.807) is 11.3 Å². The van der Waals surface area contributed by atoms with Gasteiger partial charge in [0, 0.05) is 11.3 Å². The van der Waals surface area contributed by atoms with Gasteiger partial charge in [-0.2, -0.15) is 0 Å². The molecule has 0 aliphatic carbocycles. The predicted octanol–water partition coefficient (Wildman–Crippen LogP) is 3.56. The monoisotopic (exact) mass is 269 g/mol. The van der Waals surface area contributed by atoms with Gasteiger partial charge in [0.05, 0.1) is 23.7 Å². The van der Waals surface area contributed by atoms with Crippen molar-refractivity contribution in [3.05, 3.63) is 15.6 Å². The van der Waals surface area contributed by atoms with E-state index in [1.807, 2.05) is 20.8 Å². The van der Waals surface area contributed by atoms with Crippen LogP contribution in [0.25, 0.3) is 0 Å². The first-order valence-corrected chi connectivity index (χ1v) is 7.22. The highest BCUT2D eigenvalue weighted by Crippen LogP contribution is 2.33. The molecular formula is C14H23NO2S. The molecule has 102 valence electrons. The van der Waals surface area contributed by atoms with Gasteiger partial charge >= 0.3 is 5.97 Å². The highest BCUT2D eigenvalue weighted by atomic mass is 32.1. The van der Waals surface area contributed by atoms with Crippen molar-refractivity contribution in [2.45, 2.75) is 47.0 Å². The Hall–Kier alpha value is -0.900. The van der Waals surface area contributed by atoms with Gasteiger partial charge in [-0.15, -0.1) is 11.3 Å². The molecule has 1 aromatic rings. The highest BCUT2D eigenvalue weighted by Gasteiger charge is 2.29. The number of thiazole rings is 1. The molecule has 4 heteroatoms. The van der Waals surface area contributed by atoms with Crippen molar-refractivity contribution in [2.75, 3.05) is 7.11 Å². The molecule has 1 unspecified atom stereocenters. The summed E-state index contributed by atoms with van der Waals surface area (Å²) in [6, 6.07) is 0. The lowest BCUT2D eigenvalue weighted by Gasteiger charge is -2.17. The van der Waals surface area contributed by atoms with Crippen LogP contribution in [-0.4, -0.2) is 18.1 Å². The number of hydrogen-bond acceptors (Lipinski definition) is 4. The normalized spacial score (nSPS) is 13.1. The minimum atomic E-state index is -0.187. The van der Waals surface area contributed by atoms with E-state index < -0.39 is 0 Å². The summed E-state index contributed by atoms with van der Waals surface area (Å²) in [5.74, 6) is 0.462. The van der Waals surface area contributed by atoms with Gasteiger partial charge in [0.25, 0.3) is 0 Å². The second-order valence-corrected chi connectivity index (χ2v) is 6.52. The van der Waals surface area contributed by atoms with E-state index in [2.05, 4.69) is 18.8 Å². The molecule has 0 bridgehead atoms. The van der Waals surface area contributed by atoms with E-state index in [-0.39, 0.29) is 17.8 Å². The third kappa shape index (κ3) is 3.55. The number of rotatable bonds is 5. The van der Waals surface area contributed by atoms with E-state index in [1.165, 1.54) is 7.11 Å². The molecular weight excluding hydrogens is 246 g/mol. The molecule has 0 spiro atoms. The lowest BCUT2D eigenvalue weighted by molar-refractivity contribution is -0.143. The average Bonchev–Trinajstić information content (AvgIpc) is 2.58. The molecule has 0 aliphatic heterocycles. The average molecular weight is 269 g/mol. The number of ether oxygens (including phenoxy) is 1. The van der Waals surface area contributed by atoms with Crippen LogP contribution in [0.3, 0.4) is 0 Å². The van der Waals surface area contributed by atoms with E-state index in [4.69, 9.17) is 4.74 Å². The zero-order valence-corrected chi connectivity index (χ0v) is 12.9. The van der Waals surface area contributed by atoms with Crippen LogP contribution < -0.4 is 0 Å². The molecule has 1 atom stereocenters. The molecule has 1 rings (SSSR count). The fraction of sp³-hybridized carbons (Fsp3) is 0.714. The van der Waals surface area contributed by atoms with Gasteiger partial charge in [-0.1, -0.05) is 27.7 Å². The minimum absolute atomic E-state index is 0.159. The molecule has 0 amide bonds. The summed E-state index contributed by atoms with van der Waals surface area (Å²) in [5, 5.41) is 1.12. The number of methoxy groups -OCH3 is 1. The molecule has 18 heavy (non-hydrogen) atoms. The first-order chi connectivity index (χ1) is 8.36. The third-order valence-corrected chi connectivity index (χ3v) is 4.13. The Kier molecular flexibility index (Phi) is 5.32. The summed E-state index contributed by atoms with van der Waals surface area (Å²) in [7, 11) is 1.45. The standard InChI is InChI=1S/C14H23NO2S/c1-8(2)7-11-15-10(5)13(18-11)12(9(3)4)14(16)17-6/h8-9,12H,7H2,1-6H3. The first-order valence-electron chi connectivity index (χ1n) is 6.40. The van der Waals surface area contributed by atoms with Crippen LogP contribution in [0, 0.1) is 18.8 Å². The van der Waals surface area contributed by atoms with E-state index in [0.717, 1.165) is 22.0 Å². The fourth-order valence-electron chi connectivity index (χ4n) is 2.00. The molecule has 0 saturated heterocycles.